The van der Waals surface area contributed by atoms with Crippen LogP contribution in [0.4, 0.5) is 5.69 Å². The summed E-state index contributed by atoms with van der Waals surface area (Å²) in [5.74, 6) is -0.144. The third kappa shape index (κ3) is 2.78. The normalized spacial score (nSPS) is 16.7. The summed E-state index contributed by atoms with van der Waals surface area (Å²) >= 11 is 5.99. The minimum absolute atomic E-state index is 0.0432. The van der Waals surface area contributed by atoms with Crippen molar-refractivity contribution in [2.24, 2.45) is 0 Å². The first-order valence-corrected chi connectivity index (χ1v) is 6.83. The number of halogens is 1. The van der Waals surface area contributed by atoms with E-state index in [0.717, 1.165) is 18.5 Å². The highest BCUT2D eigenvalue weighted by Crippen LogP contribution is 2.40. The molecule has 1 aliphatic heterocycles. The lowest BCUT2D eigenvalue weighted by Gasteiger charge is -2.43. The van der Waals surface area contributed by atoms with Gasteiger partial charge in [0.25, 0.3) is 0 Å². The number of carboxylic acids is 1. The molecule has 0 aliphatic carbocycles. The second kappa shape index (κ2) is 5.29. The van der Waals surface area contributed by atoms with Crippen LogP contribution in [-0.2, 0) is 4.79 Å². The molecule has 0 fully saturated rings. The maximum atomic E-state index is 11.0. The number of ether oxygens (including phenoxy) is 1. The number of anilines is 1. The Morgan fingerprint density at radius 2 is 2.16 bits per heavy atom. The first-order chi connectivity index (χ1) is 8.99. The van der Waals surface area contributed by atoms with Crippen LogP contribution in [0.5, 0.6) is 5.75 Å². The van der Waals surface area contributed by atoms with Crippen molar-refractivity contribution >= 4 is 23.3 Å². The summed E-state index contributed by atoms with van der Waals surface area (Å²) in [4.78, 5) is 12.9. The van der Waals surface area contributed by atoms with E-state index < -0.39 is 5.97 Å². The van der Waals surface area contributed by atoms with Gasteiger partial charge in [0.1, 0.15) is 17.9 Å². The van der Waals surface area contributed by atoms with Crippen LogP contribution in [0.3, 0.4) is 0 Å². The zero-order valence-corrected chi connectivity index (χ0v) is 11.9. The Kier molecular flexibility index (Phi) is 3.90. The van der Waals surface area contributed by atoms with E-state index in [2.05, 4.69) is 13.8 Å². The highest BCUT2D eigenvalue weighted by molar-refractivity contribution is 6.31. The monoisotopic (exact) mass is 283 g/mol. The molecule has 5 heteroatoms. The first-order valence-electron chi connectivity index (χ1n) is 6.45. The first kappa shape index (κ1) is 14.0. The fraction of sp³-hybridized carbons (Fsp3) is 0.500. The molecule has 0 unspecified atom stereocenters. The summed E-state index contributed by atoms with van der Waals surface area (Å²) in [6.07, 6.45) is 1.67. The average Bonchev–Trinajstić information content (AvgIpc) is 2.38. The SMILES string of the molecule is CCC1(CC)CN(CC(=O)O)c2cc(Cl)ccc2O1. The summed E-state index contributed by atoms with van der Waals surface area (Å²) in [7, 11) is 0. The maximum Gasteiger partial charge on any atom is 0.323 e. The van der Waals surface area contributed by atoms with Crippen LogP contribution >= 0.6 is 11.6 Å². The van der Waals surface area contributed by atoms with Gasteiger partial charge in [-0.15, -0.1) is 0 Å². The van der Waals surface area contributed by atoms with Gasteiger partial charge in [0.05, 0.1) is 12.2 Å². The zero-order chi connectivity index (χ0) is 14.0. The van der Waals surface area contributed by atoms with Gasteiger partial charge < -0.3 is 14.7 Å². The molecule has 2 rings (SSSR count). The van der Waals surface area contributed by atoms with Crippen LogP contribution in [0.15, 0.2) is 18.2 Å². The highest BCUT2D eigenvalue weighted by atomic mass is 35.5. The van der Waals surface area contributed by atoms with Gasteiger partial charge in [-0.1, -0.05) is 25.4 Å². The number of aliphatic carboxylic acids is 1. The second-order valence-corrected chi connectivity index (χ2v) is 5.29. The molecule has 1 aromatic rings. The van der Waals surface area contributed by atoms with Crippen LogP contribution < -0.4 is 9.64 Å². The van der Waals surface area contributed by atoms with E-state index in [4.69, 9.17) is 21.4 Å². The average molecular weight is 284 g/mol. The Balaban J connectivity index is 2.42. The van der Waals surface area contributed by atoms with Crippen LogP contribution in [-0.4, -0.2) is 29.8 Å². The van der Waals surface area contributed by atoms with Crippen molar-refractivity contribution < 1.29 is 14.6 Å². The molecule has 4 nitrogen and oxygen atoms in total. The topological polar surface area (TPSA) is 49.8 Å². The van der Waals surface area contributed by atoms with Crippen LogP contribution in [0.1, 0.15) is 26.7 Å². The Labute approximate surface area is 117 Å². The van der Waals surface area contributed by atoms with E-state index in [9.17, 15) is 4.79 Å². The zero-order valence-electron chi connectivity index (χ0n) is 11.1. The minimum Gasteiger partial charge on any atom is -0.483 e. The molecule has 0 radical (unpaired) electrons. The third-order valence-electron chi connectivity index (χ3n) is 3.68. The molecule has 0 saturated heterocycles. The van der Waals surface area contributed by atoms with E-state index in [1.807, 2.05) is 11.0 Å². The molecule has 1 aromatic carbocycles. The van der Waals surface area contributed by atoms with Crippen molar-refractivity contribution in [2.45, 2.75) is 32.3 Å². The summed E-state index contributed by atoms with van der Waals surface area (Å²) in [5, 5.41) is 9.64. The highest BCUT2D eigenvalue weighted by Gasteiger charge is 2.37. The summed E-state index contributed by atoms with van der Waals surface area (Å²) in [6, 6.07) is 5.33. The largest absolute Gasteiger partial charge is 0.483 e. The van der Waals surface area contributed by atoms with Crippen molar-refractivity contribution in [3.63, 3.8) is 0 Å². The predicted molar refractivity (Wildman–Crippen MR) is 75.2 cm³/mol. The lowest BCUT2D eigenvalue weighted by atomic mass is 9.94. The van der Waals surface area contributed by atoms with Crippen LogP contribution in [0.2, 0.25) is 5.02 Å². The van der Waals surface area contributed by atoms with E-state index in [0.29, 0.717) is 17.3 Å². The third-order valence-corrected chi connectivity index (χ3v) is 3.92. The van der Waals surface area contributed by atoms with E-state index in [-0.39, 0.29) is 12.1 Å². The number of hydrogen-bond acceptors (Lipinski definition) is 3. The molecular weight excluding hydrogens is 266 g/mol. The van der Waals surface area contributed by atoms with Gasteiger partial charge in [-0.25, -0.2) is 0 Å². The molecule has 0 aromatic heterocycles. The fourth-order valence-electron chi connectivity index (χ4n) is 2.44. The Hall–Kier alpha value is -1.42. The maximum absolute atomic E-state index is 11.0. The Morgan fingerprint density at radius 1 is 1.47 bits per heavy atom. The summed E-state index contributed by atoms with van der Waals surface area (Å²) < 4.78 is 6.09. The molecule has 19 heavy (non-hydrogen) atoms. The standard InChI is InChI=1S/C14H18ClNO3/c1-3-14(4-2)9-16(8-13(17)18)11-7-10(15)5-6-12(11)19-14/h5-7H,3-4,8-9H2,1-2H3,(H,17,18). The van der Waals surface area contributed by atoms with Gasteiger partial charge in [-0.2, -0.15) is 0 Å². The van der Waals surface area contributed by atoms with Crippen molar-refractivity contribution in [2.75, 3.05) is 18.0 Å². The Bertz CT molecular complexity index is 486. The van der Waals surface area contributed by atoms with Crippen molar-refractivity contribution in [3.05, 3.63) is 23.2 Å². The molecule has 0 bridgehead atoms. The number of carbonyl (C=O) groups is 1. The lowest BCUT2D eigenvalue weighted by Crippen LogP contribution is -2.51. The minimum atomic E-state index is -0.853. The van der Waals surface area contributed by atoms with E-state index in [1.54, 1.807) is 12.1 Å². The Morgan fingerprint density at radius 3 is 2.74 bits per heavy atom. The number of rotatable bonds is 4. The molecule has 0 amide bonds. The molecule has 0 saturated carbocycles. The van der Waals surface area contributed by atoms with Crippen molar-refractivity contribution in [3.8, 4) is 5.75 Å². The number of hydrogen-bond donors (Lipinski definition) is 1. The predicted octanol–water partition coefficient (Wildman–Crippen LogP) is 3.18. The lowest BCUT2D eigenvalue weighted by molar-refractivity contribution is -0.135. The summed E-state index contributed by atoms with van der Waals surface area (Å²) in [6.45, 7) is 4.64. The molecule has 1 N–H and O–H groups in total. The molecular formula is C14H18ClNO3. The van der Waals surface area contributed by atoms with Gasteiger partial charge >= 0.3 is 5.97 Å². The molecule has 1 aliphatic rings. The molecule has 1 heterocycles. The quantitative estimate of drug-likeness (QED) is 0.922. The number of benzene rings is 1. The van der Waals surface area contributed by atoms with Gasteiger partial charge in [0.2, 0.25) is 0 Å². The second-order valence-electron chi connectivity index (χ2n) is 4.85. The van der Waals surface area contributed by atoms with Gasteiger partial charge in [-0.05, 0) is 31.0 Å². The van der Waals surface area contributed by atoms with Crippen LogP contribution in [0.25, 0.3) is 0 Å². The van der Waals surface area contributed by atoms with Crippen molar-refractivity contribution in [1.82, 2.24) is 0 Å². The summed E-state index contributed by atoms with van der Waals surface area (Å²) in [5.41, 5.74) is 0.434. The van der Waals surface area contributed by atoms with Gasteiger partial charge in [0.15, 0.2) is 0 Å². The van der Waals surface area contributed by atoms with Crippen LogP contribution in [0, 0.1) is 0 Å². The molecule has 0 atom stereocenters. The van der Waals surface area contributed by atoms with Gasteiger partial charge in [0, 0.05) is 5.02 Å². The van der Waals surface area contributed by atoms with E-state index in [1.165, 1.54) is 0 Å². The number of carboxylic acid groups (broad SMARTS) is 1. The number of fused-ring (bicyclic) bond motifs is 1. The number of nitrogens with zero attached hydrogens (tertiary/aromatic N) is 1. The van der Waals surface area contributed by atoms with Crippen molar-refractivity contribution in [1.29, 1.82) is 0 Å². The fourth-order valence-corrected chi connectivity index (χ4v) is 2.61. The van der Waals surface area contributed by atoms with E-state index >= 15 is 0 Å². The van der Waals surface area contributed by atoms with Gasteiger partial charge in [-0.3, -0.25) is 4.79 Å². The molecule has 104 valence electrons. The molecule has 0 spiro atoms. The smallest absolute Gasteiger partial charge is 0.323 e.